The molecular formula is C24H39N5O5. The van der Waals surface area contributed by atoms with Crippen LogP contribution in [0.4, 0.5) is 21.2 Å². The lowest BCUT2D eigenvalue weighted by Crippen LogP contribution is -2.50. The Bertz CT molecular complexity index is 869. The monoisotopic (exact) mass is 477 g/mol. The van der Waals surface area contributed by atoms with Crippen LogP contribution in [0.25, 0.3) is 0 Å². The average molecular weight is 478 g/mol. The number of hydrogen-bond acceptors (Lipinski definition) is 8. The Morgan fingerprint density at radius 3 is 2.09 bits per heavy atom. The highest BCUT2D eigenvalue weighted by Crippen LogP contribution is 2.45. The molecule has 0 bridgehead atoms. The second-order valence-corrected chi connectivity index (χ2v) is 10.9. The minimum Gasteiger partial charge on any atom is -0.484 e. The largest absolute Gasteiger partial charge is 0.484 e. The lowest BCUT2D eigenvalue weighted by atomic mass is 10.1. The first-order chi connectivity index (χ1) is 15.9. The summed E-state index contributed by atoms with van der Waals surface area (Å²) in [6, 6.07) is -0.0105. The van der Waals surface area contributed by atoms with Crippen LogP contribution >= 0.6 is 0 Å². The van der Waals surface area contributed by atoms with E-state index in [1.807, 2.05) is 41.5 Å². The number of amides is 2. The molecule has 0 spiro atoms. The molecule has 10 nitrogen and oxygen atoms in total. The standard InChI is InChI=1S/C18H26N4O3.C6H13NO2/c1-18(2,3)25-17(23)22-13(12-6-7-12)10-24-14-15(19-11-20-16(14)22)21-8-4-5-9-21;1-6(2,3)9-5(8)7-4/h11-13H,4-10H2,1-3H3;1-4H3,(H,7,8). The van der Waals surface area contributed by atoms with Gasteiger partial charge >= 0.3 is 12.2 Å². The van der Waals surface area contributed by atoms with Gasteiger partial charge in [0.15, 0.2) is 11.6 Å². The zero-order chi connectivity index (χ0) is 25.1. The molecule has 3 heterocycles. The topological polar surface area (TPSA) is 106 Å². The molecule has 10 heteroatoms. The van der Waals surface area contributed by atoms with Gasteiger partial charge in [-0.25, -0.2) is 19.6 Å². The van der Waals surface area contributed by atoms with Gasteiger partial charge in [-0.2, -0.15) is 0 Å². The Morgan fingerprint density at radius 1 is 1.00 bits per heavy atom. The van der Waals surface area contributed by atoms with Gasteiger partial charge in [-0.1, -0.05) is 0 Å². The van der Waals surface area contributed by atoms with Crippen LogP contribution in [0.5, 0.6) is 5.75 Å². The molecule has 2 fully saturated rings. The van der Waals surface area contributed by atoms with Crippen molar-refractivity contribution in [1.82, 2.24) is 15.3 Å². The molecule has 1 aliphatic carbocycles. The highest BCUT2D eigenvalue weighted by Gasteiger charge is 2.45. The molecule has 2 aliphatic heterocycles. The van der Waals surface area contributed by atoms with E-state index >= 15 is 0 Å². The van der Waals surface area contributed by atoms with E-state index in [0.29, 0.717) is 24.1 Å². The number of carbonyl (C=O) groups is 2. The van der Waals surface area contributed by atoms with Crippen molar-refractivity contribution in [2.75, 3.05) is 36.5 Å². The van der Waals surface area contributed by atoms with E-state index < -0.39 is 5.60 Å². The van der Waals surface area contributed by atoms with E-state index in [2.05, 4.69) is 20.2 Å². The Hall–Kier alpha value is -2.78. The quantitative estimate of drug-likeness (QED) is 0.678. The van der Waals surface area contributed by atoms with Crippen LogP contribution in [0.3, 0.4) is 0 Å². The normalized spacial score (nSPS) is 19.9. The number of hydrogen-bond donors (Lipinski definition) is 1. The first-order valence-electron chi connectivity index (χ1n) is 12.1. The number of nitrogens with zero attached hydrogens (tertiary/aromatic N) is 4. The van der Waals surface area contributed by atoms with Gasteiger partial charge in [-0.15, -0.1) is 0 Å². The summed E-state index contributed by atoms with van der Waals surface area (Å²) >= 11 is 0. The van der Waals surface area contributed by atoms with Crippen molar-refractivity contribution in [2.45, 2.75) is 84.5 Å². The molecule has 1 atom stereocenters. The maximum Gasteiger partial charge on any atom is 0.416 e. The number of aromatic nitrogens is 2. The van der Waals surface area contributed by atoms with Crippen LogP contribution in [0.2, 0.25) is 0 Å². The summed E-state index contributed by atoms with van der Waals surface area (Å²) < 4.78 is 16.6. The zero-order valence-electron chi connectivity index (χ0n) is 21.5. The van der Waals surface area contributed by atoms with Crippen LogP contribution in [0.1, 0.15) is 67.2 Å². The van der Waals surface area contributed by atoms with Crippen molar-refractivity contribution in [3.05, 3.63) is 6.33 Å². The summed E-state index contributed by atoms with van der Waals surface area (Å²) in [7, 11) is 1.54. The number of anilines is 2. The highest BCUT2D eigenvalue weighted by atomic mass is 16.6. The molecule has 3 aliphatic rings. The molecule has 0 radical (unpaired) electrons. The van der Waals surface area contributed by atoms with Crippen LogP contribution in [-0.4, -0.2) is 66.1 Å². The molecule has 34 heavy (non-hydrogen) atoms. The predicted octanol–water partition coefficient (Wildman–Crippen LogP) is 4.13. The smallest absolute Gasteiger partial charge is 0.416 e. The Morgan fingerprint density at radius 2 is 1.59 bits per heavy atom. The van der Waals surface area contributed by atoms with Crippen LogP contribution in [0, 0.1) is 5.92 Å². The SMILES string of the molecule is CC(C)(C)OC(=O)N1c2ncnc(N3CCCC3)c2OCC1C1CC1.CNC(=O)OC(C)(C)C. The van der Waals surface area contributed by atoms with E-state index in [-0.39, 0.29) is 23.8 Å². The van der Waals surface area contributed by atoms with Gasteiger partial charge in [0.2, 0.25) is 5.75 Å². The highest BCUT2D eigenvalue weighted by molar-refractivity contribution is 5.91. The second-order valence-electron chi connectivity index (χ2n) is 10.9. The minimum absolute atomic E-state index is 0.0105. The fourth-order valence-corrected chi connectivity index (χ4v) is 3.90. The first kappa shape index (κ1) is 25.8. The number of nitrogens with one attached hydrogen (secondary N) is 1. The maximum absolute atomic E-state index is 12.9. The van der Waals surface area contributed by atoms with Gasteiger partial charge < -0.3 is 24.4 Å². The Kier molecular flexibility index (Phi) is 7.77. The number of alkyl carbamates (subject to hydrolysis) is 1. The Balaban J connectivity index is 0.000000309. The number of ether oxygens (including phenoxy) is 3. The number of carbonyl (C=O) groups excluding carboxylic acids is 2. The van der Waals surface area contributed by atoms with Crippen molar-refractivity contribution in [2.24, 2.45) is 5.92 Å². The zero-order valence-corrected chi connectivity index (χ0v) is 21.5. The second kappa shape index (κ2) is 10.2. The van der Waals surface area contributed by atoms with Crippen LogP contribution in [-0.2, 0) is 9.47 Å². The van der Waals surface area contributed by atoms with Crippen molar-refractivity contribution in [3.63, 3.8) is 0 Å². The third-order valence-corrected chi connectivity index (χ3v) is 5.49. The molecular weight excluding hydrogens is 438 g/mol. The van der Waals surface area contributed by atoms with E-state index in [1.54, 1.807) is 4.90 Å². The molecule has 4 rings (SSSR count). The third-order valence-electron chi connectivity index (χ3n) is 5.49. The van der Waals surface area contributed by atoms with Gasteiger partial charge in [-0.05, 0) is 73.1 Å². The molecule has 1 saturated heterocycles. The molecule has 190 valence electrons. The molecule has 1 aromatic rings. The lowest BCUT2D eigenvalue weighted by molar-refractivity contribution is 0.0526. The summed E-state index contributed by atoms with van der Waals surface area (Å²) in [6.07, 6.45) is 5.34. The maximum atomic E-state index is 12.9. The van der Waals surface area contributed by atoms with Gasteiger partial charge in [-0.3, -0.25) is 4.90 Å². The summed E-state index contributed by atoms with van der Waals surface area (Å²) in [5, 5.41) is 2.36. The summed E-state index contributed by atoms with van der Waals surface area (Å²) in [5.41, 5.74) is -0.936. The van der Waals surface area contributed by atoms with Gasteiger partial charge in [0.25, 0.3) is 0 Å². The fourth-order valence-electron chi connectivity index (χ4n) is 3.90. The fraction of sp³-hybridized carbons (Fsp3) is 0.750. The van der Waals surface area contributed by atoms with Gasteiger partial charge in [0, 0.05) is 20.1 Å². The van der Waals surface area contributed by atoms with E-state index in [1.165, 1.54) is 13.4 Å². The third kappa shape index (κ3) is 6.87. The van der Waals surface area contributed by atoms with Gasteiger partial charge in [0.05, 0.1) is 6.04 Å². The first-order valence-corrected chi connectivity index (χ1v) is 12.1. The predicted molar refractivity (Wildman–Crippen MR) is 129 cm³/mol. The molecule has 1 unspecified atom stereocenters. The summed E-state index contributed by atoms with van der Waals surface area (Å²) in [6.45, 7) is 13.5. The molecule has 1 N–H and O–H groups in total. The van der Waals surface area contributed by atoms with E-state index in [0.717, 1.165) is 44.6 Å². The van der Waals surface area contributed by atoms with Gasteiger partial charge in [0.1, 0.15) is 24.1 Å². The van der Waals surface area contributed by atoms with E-state index in [9.17, 15) is 9.59 Å². The number of fused-ring (bicyclic) bond motifs is 1. The summed E-state index contributed by atoms with van der Waals surface area (Å²) in [5.74, 6) is 2.43. The Labute approximate surface area is 202 Å². The molecule has 1 aromatic heterocycles. The lowest BCUT2D eigenvalue weighted by Gasteiger charge is -2.37. The average Bonchev–Trinajstić information content (AvgIpc) is 3.44. The van der Waals surface area contributed by atoms with E-state index in [4.69, 9.17) is 14.2 Å². The summed E-state index contributed by atoms with van der Waals surface area (Å²) in [4.78, 5) is 36.2. The van der Waals surface area contributed by atoms with Crippen LogP contribution in [0.15, 0.2) is 6.33 Å². The van der Waals surface area contributed by atoms with Crippen LogP contribution < -0.4 is 19.9 Å². The minimum atomic E-state index is -0.547. The number of rotatable bonds is 2. The molecule has 0 aromatic carbocycles. The van der Waals surface area contributed by atoms with Crippen molar-refractivity contribution < 1.29 is 23.8 Å². The molecule has 1 saturated carbocycles. The molecule has 2 amide bonds. The van der Waals surface area contributed by atoms with Crippen molar-refractivity contribution in [1.29, 1.82) is 0 Å². The van der Waals surface area contributed by atoms with Crippen molar-refractivity contribution >= 4 is 23.8 Å². The van der Waals surface area contributed by atoms with Crippen molar-refractivity contribution in [3.8, 4) is 5.75 Å².